The Labute approximate surface area is 127 Å². The summed E-state index contributed by atoms with van der Waals surface area (Å²) < 4.78 is 2.19. The summed E-state index contributed by atoms with van der Waals surface area (Å²) in [5.74, 6) is 1.59. The van der Waals surface area contributed by atoms with Gasteiger partial charge in [-0.1, -0.05) is 0 Å². The lowest BCUT2D eigenvalue weighted by molar-refractivity contribution is 0.746. The van der Waals surface area contributed by atoms with E-state index in [1.807, 2.05) is 12.3 Å². The number of thiophene rings is 1. The summed E-state index contributed by atoms with van der Waals surface area (Å²) >= 11 is 7.65. The average Bonchev–Trinajstić information content (AvgIpc) is 2.98. The largest absolute Gasteiger partial charge is 0.308 e. The number of aromatic nitrogens is 3. The second kappa shape index (κ2) is 5.54. The zero-order chi connectivity index (χ0) is 14.1. The zero-order valence-corrected chi connectivity index (χ0v) is 13.1. The van der Waals surface area contributed by atoms with Crippen LogP contribution in [-0.2, 0) is 13.0 Å². The van der Waals surface area contributed by atoms with Crippen molar-refractivity contribution in [1.82, 2.24) is 14.5 Å². The molecule has 3 aromatic rings. The fraction of sp³-hybridized carbons (Fsp3) is 0.333. The molecule has 0 aliphatic heterocycles. The molecule has 3 heterocycles. The Bertz CT molecular complexity index is 745. The van der Waals surface area contributed by atoms with Gasteiger partial charge >= 0.3 is 0 Å². The minimum atomic E-state index is 0.574. The van der Waals surface area contributed by atoms with E-state index in [2.05, 4.69) is 34.2 Å². The van der Waals surface area contributed by atoms with Gasteiger partial charge in [0.25, 0.3) is 0 Å². The number of hydrogen-bond donors (Lipinski definition) is 0. The number of fused-ring (bicyclic) bond motifs is 1. The van der Waals surface area contributed by atoms with Gasteiger partial charge in [-0.05, 0) is 47.4 Å². The minimum absolute atomic E-state index is 0.574. The summed E-state index contributed by atoms with van der Waals surface area (Å²) in [5, 5.41) is 4.37. The summed E-state index contributed by atoms with van der Waals surface area (Å²) in [4.78, 5) is 9.25. The van der Waals surface area contributed by atoms with Gasteiger partial charge in [0, 0.05) is 18.5 Å². The Morgan fingerprint density at radius 1 is 1.25 bits per heavy atom. The first-order chi connectivity index (χ1) is 9.70. The quantitative estimate of drug-likeness (QED) is 0.684. The summed E-state index contributed by atoms with van der Waals surface area (Å²) in [5.41, 5.74) is 5.75. The molecule has 0 saturated carbocycles. The molecule has 0 aliphatic rings. The van der Waals surface area contributed by atoms with Crippen LogP contribution < -0.4 is 0 Å². The maximum Gasteiger partial charge on any atom is 0.160 e. The second-order valence-corrected chi connectivity index (χ2v) is 6.05. The van der Waals surface area contributed by atoms with Crippen LogP contribution in [0.4, 0.5) is 0 Å². The highest BCUT2D eigenvalue weighted by atomic mass is 35.5. The van der Waals surface area contributed by atoms with Crippen molar-refractivity contribution < 1.29 is 0 Å². The summed E-state index contributed by atoms with van der Waals surface area (Å²) in [6.45, 7) is 5.03. The molecule has 20 heavy (non-hydrogen) atoms. The Balaban J connectivity index is 2.14. The van der Waals surface area contributed by atoms with Crippen LogP contribution in [0, 0.1) is 13.8 Å². The highest BCUT2D eigenvalue weighted by Crippen LogP contribution is 2.22. The summed E-state index contributed by atoms with van der Waals surface area (Å²) in [6, 6.07) is 2.00. The van der Waals surface area contributed by atoms with Gasteiger partial charge in [0.05, 0.1) is 6.54 Å². The van der Waals surface area contributed by atoms with Gasteiger partial charge in [-0.3, -0.25) is 0 Å². The van der Waals surface area contributed by atoms with Crippen molar-refractivity contribution in [2.45, 2.75) is 26.8 Å². The van der Waals surface area contributed by atoms with Gasteiger partial charge in [-0.2, -0.15) is 11.3 Å². The Morgan fingerprint density at radius 2 is 2.10 bits per heavy atom. The number of halogens is 1. The molecule has 0 aromatic carbocycles. The van der Waals surface area contributed by atoms with Gasteiger partial charge < -0.3 is 4.57 Å². The maximum atomic E-state index is 5.92. The van der Waals surface area contributed by atoms with Crippen molar-refractivity contribution in [3.05, 3.63) is 45.5 Å². The molecular weight excluding hydrogens is 290 g/mol. The van der Waals surface area contributed by atoms with E-state index in [0.29, 0.717) is 5.88 Å². The molecule has 3 nitrogen and oxygen atoms in total. The van der Waals surface area contributed by atoms with Crippen LogP contribution in [-0.4, -0.2) is 20.4 Å². The topological polar surface area (TPSA) is 30.7 Å². The first kappa shape index (κ1) is 13.6. The molecule has 0 unspecified atom stereocenters. The van der Waals surface area contributed by atoms with Gasteiger partial charge in [0.15, 0.2) is 5.65 Å². The molecule has 0 fully saturated rings. The van der Waals surface area contributed by atoms with Gasteiger partial charge in [0.2, 0.25) is 0 Å². The number of aryl methyl sites for hydroxylation is 3. The maximum absolute atomic E-state index is 5.92. The van der Waals surface area contributed by atoms with Gasteiger partial charge in [-0.15, -0.1) is 11.6 Å². The standard InChI is InChI=1S/C15H16ClN3S/c1-10-4-6-17-15-14(10)18-13(3-5-16)19(15)7-12-9-20-8-11(12)2/h4,6,8-9H,3,5,7H2,1-2H3. The van der Waals surface area contributed by atoms with Gasteiger partial charge in [0.1, 0.15) is 11.3 Å². The normalized spacial score (nSPS) is 11.3. The van der Waals surface area contributed by atoms with E-state index in [0.717, 1.165) is 35.5 Å². The lowest BCUT2D eigenvalue weighted by Crippen LogP contribution is -2.06. The molecule has 0 N–H and O–H groups in total. The van der Waals surface area contributed by atoms with Crippen molar-refractivity contribution in [3.63, 3.8) is 0 Å². The smallest absolute Gasteiger partial charge is 0.160 e. The molecule has 104 valence electrons. The minimum Gasteiger partial charge on any atom is -0.308 e. The number of rotatable bonds is 4. The Morgan fingerprint density at radius 3 is 2.80 bits per heavy atom. The van der Waals surface area contributed by atoms with Gasteiger partial charge in [-0.25, -0.2) is 9.97 Å². The average molecular weight is 306 g/mol. The van der Waals surface area contributed by atoms with Crippen LogP contribution in [0.25, 0.3) is 11.2 Å². The summed E-state index contributed by atoms with van der Waals surface area (Å²) in [7, 11) is 0. The third kappa shape index (κ3) is 2.34. The molecule has 3 rings (SSSR count). The monoisotopic (exact) mass is 305 g/mol. The number of nitrogens with zero attached hydrogens (tertiary/aromatic N) is 3. The van der Waals surface area contributed by atoms with Crippen LogP contribution in [0.3, 0.4) is 0 Å². The van der Waals surface area contributed by atoms with Crippen LogP contribution in [0.15, 0.2) is 23.0 Å². The molecular formula is C15H16ClN3S. The van der Waals surface area contributed by atoms with Crippen molar-refractivity contribution in [2.24, 2.45) is 0 Å². The molecule has 0 spiro atoms. The van der Waals surface area contributed by atoms with E-state index in [1.54, 1.807) is 11.3 Å². The van der Waals surface area contributed by atoms with Crippen molar-refractivity contribution in [3.8, 4) is 0 Å². The molecule has 0 atom stereocenters. The lowest BCUT2D eigenvalue weighted by Gasteiger charge is -2.07. The number of pyridine rings is 1. The van der Waals surface area contributed by atoms with Crippen LogP contribution in [0.2, 0.25) is 0 Å². The number of imidazole rings is 1. The second-order valence-electron chi connectivity index (χ2n) is 4.93. The van der Waals surface area contributed by atoms with E-state index in [4.69, 9.17) is 16.6 Å². The molecule has 0 bridgehead atoms. The fourth-order valence-electron chi connectivity index (χ4n) is 2.34. The molecule has 0 saturated heterocycles. The molecule has 0 amide bonds. The highest BCUT2D eigenvalue weighted by molar-refractivity contribution is 7.08. The molecule has 3 aromatic heterocycles. The third-order valence-electron chi connectivity index (χ3n) is 3.52. The Kier molecular flexibility index (Phi) is 3.76. The first-order valence-electron chi connectivity index (χ1n) is 6.59. The molecule has 5 heteroatoms. The third-order valence-corrected chi connectivity index (χ3v) is 4.62. The summed E-state index contributed by atoms with van der Waals surface area (Å²) in [6.07, 6.45) is 2.61. The van der Waals surface area contributed by atoms with E-state index in [-0.39, 0.29) is 0 Å². The zero-order valence-electron chi connectivity index (χ0n) is 11.6. The van der Waals surface area contributed by atoms with Crippen LogP contribution in [0.1, 0.15) is 22.5 Å². The predicted octanol–water partition coefficient (Wildman–Crippen LogP) is 3.94. The van der Waals surface area contributed by atoms with E-state index in [9.17, 15) is 0 Å². The number of hydrogen-bond acceptors (Lipinski definition) is 3. The van der Waals surface area contributed by atoms with Crippen molar-refractivity contribution in [2.75, 3.05) is 5.88 Å². The highest BCUT2D eigenvalue weighted by Gasteiger charge is 2.14. The fourth-order valence-corrected chi connectivity index (χ4v) is 3.36. The predicted molar refractivity (Wildman–Crippen MR) is 84.8 cm³/mol. The van der Waals surface area contributed by atoms with Crippen molar-refractivity contribution >= 4 is 34.1 Å². The van der Waals surface area contributed by atoms with Crippen molar-refractivity contribution in [1.29, 1.82) is 0 Å². The lowest BCUT2D eigenvalue weighted by atomic mass is 10.2. The molecule has 0 aliphatic carbocycles. The van der Waals surface area contributed by atoms with Crippen LogP contribution >= 0.6 is 22.9 Å². The number of alkyl halides is 1. The van der Waals surface area contributed by atoms with Crippen LogP contribution in [0.5, 0.6) is 0 Å². The van der Waals surface area contributed by atoms with E-state index >= 15 is 0 Å². The SMILES string of the molecule is Cc1cscc1Cn1c(CCCl)nc2c(C)ccnc21. The van der Waals surface area contributed by atoms with E-state index in [1.165, 1.54) is 11.1 Å². The van der Waals surface area contributed by atoms with E-state index < -0.39 is 0 Å². The molecule has 0 radical (unpaired) electrons. The Hall–Kier alpha value is -1.39. The first-order valence-corrected chi connectivity index (χ1v) is 8.06.